The van der Waals surface area contributed by atoms with E-state index in [1.165, 1.54) is 10.9 Å². The van der Waals surface area contributed by atoms with Crippen LogP contribution >= 0.6 is 0 Å². The average Bonchev–Trinajstić information content (AvgIpc) is 3.11. The van der Waals surface area contributed by atoms with Gasteiger partial charge in [0.2, 0.25) is 11.9 Å². The second-order valence-corrected chi connectivity index (χ2v) is 7.51. The lowest BCUT2D eigenvalue weighted by Crippen LogP contribution is -2.33. The number of benzene rings is 1. The lowest BCUT2D eigenvalue weighted by Gasteiger charge is -2.31. The van der Waals surface area contributed by atoms with Gasteiger partial charge in [0.25, 0.3) is 0 Å². The number of likely N-dealkylation sites (tertiary alicyclic amines) is 1. The minimum absolute atomic E-state index is 0.274. The normalized spacial score (nSPS) is 15.8. The molecule has 0 radical (unpaired) electrons. The smallest absolute Gasteiger partial charge is 0.229 e. The summed E-state index contributed by atoms with van der Waals surface area (Å²) in [4.78, 5) is 20.6. The molecule has 0 spiro atoms. The second kappa shape index (κ2) is 7.63. The first-order chi connectivity index (χ1) is 13.5. The maximum Gasteiger partial charge on any atom is 0.229 e. The Morgan fingerprint density at radius 1 is 1.21 bits per heavy atom. The fourth-order valence-electron chi connectivity index (χ4n) is 3.88. The van der Waals surface area contributed by atoms with Gasteiger partial charge in [0.1, 0.15) is 11.6 Å². The molecule has 1 fully saturated rings. The summed E-state index contributed by atoms with van der Waals surface area (Å²) in [5, 5.41) is 1.26. The fraction of sp³-hybridized carbons (Fsp3) is 0.450. The third-order valence-corrected chi connectivity index (χ3v) is 5.40. The van der Waals surface area contributed by atoms with Crippen LogP contribution in [-0.2, 0) is 6.54 Å². The highest BCUT2D eigenvalue weighted by atomic mass is 16.5. The summed E-state index contributed by atoms with van der Waals surface area (Å²) < 4.78 is 5.40. The summed E-state index contributed by atoms with van der Waals surface area (Å²) in [6, 6.07) is 6.21. The molecule has 8 heteroatoms. The molecule has 4 rings (SSSR count). The summed E-state index contributed by atoms with van der Waals surface area (Å²) in [5.74, 6) is 3.04. The number of fused-ring (bicyclic) bond motifs is 1. The number of aromatic nitrogens is 4. The van der Waals surface area contributed by atoms with Crippen LogP contribution in [0.1, 0.15) is 30.1 Å². The molecule has 1 aliphatic heterocycles. The van der Waals surface area contributed by atoms with E-state index in [1.807, 2.05) is 25.1 Å². The number of methoxy groups -OCH3 is 1. The second-order valence-electron chi connectivity index (χ2n) is 7.51. The summed E-state index contributed by atoms with van der Waals surface area (Å²) >= 11 is 0. The molecule has 1 saturated heterocycles. The summed E-state index contributed by atoms with van der Waals surface area (Å²) in [5.41, 5.74) is 8.39. The molecule has 1 aromatic carbocycles. The Hall–Kier alpha value is -2.87. The van der Waals surface area contributed by atoms with Gasteiger partial charge in [-0.3, -0.25) is 4.90 Å². The van der Waals surface area contributed by atoms with Gasteiger partial charge in [-0.2, -0.15) is 15.0 Å². The topological polar surface area (TPSA) is 96.2 Å². The number of nitrogens with two attached hydrogens (primary N) is 1. The van der Waals surface area contributed by atoms with Crippen molar-refractivity contribution in [3.05, 3.63) is 35.8 Å². The number of hydrogen-bond donors (Lipinski definition) is 2. The van der Waals surface area contributed by atoms with Crippen LogP contribution in [0.3, 0.4) is 0 Å². The molecule has 28 heavy (non-hydrogen) atoms. The Bertz CT molecular complexity index is 960. The van der Waals surface area contributed by atoms with Crippen molar-refractivity contribution >= 4 is 22.8 Å². The first-order valence-electron chi connectivity index (χ1n) is 9.58. The van der Waals surface area contributed by atoms with E-state index in [4.69, 9.17) is 10.5 Å². The van der Waals surface area contributed by atoms with Crippen LogP contribution in [0, 0.1) is 0 Å². The minimum atomic E-state index is 0.274. The Morgan fingerprint density at radius 3 is 2.71 bits per heavy atom. The Labute approximate surface area is 164 Å². The highest BCUT2D eigenvalue weighted by Gasteiger charge is 2.24. The molecule has 0 aliphatic carbocycles. The van der Waals surface area contributed by atoms with Crippen LogP contribution in [0.4, 0.5) is 11.9 Å². The molecule has 3 aromatic rings. The lowest BCUT2D eigenvalue weighted by atomic mass is 9.89. The van der Waals surface area contributed by atoms with Crippen LogP contribution in [-0.4, -0.2) is 59.1 Å². The van der Waals surface area contributed by atoms with Gasteiger partial charge in [-0.25, -0.2) is 0 Å². The number of ether oxygens (including phenoxy) is 1. The molecule has 0 saturated carbocycles. The summed E-state index contributed by atoms with van der Waals surface area (Å²) in [6.45, 7) is 2.70. The van der Waals surface area contributed by atoms with Gasteiger partial charge in [0.05, 0.1) is 13.7 Å². The number of rotatable bonds is 5. The Morgan fingerprint density at radius 2 is 2.00 bits per heavy atom. The van der Waals surface area contributed by atoms with Crippen LogP contribution in [0.5, 0.6) is 5.75 Å². The van der Waals surface area contributed by atoms with E-state index in [2.05, 4.69) is 43.2 Å². The zero-order chi connectivity index (χ0) is 19.7. The molecular formula is C20H27N7O. The van der Waals surface area contributed by atoms with E-state index in [1.54, 1.807) is 7.11 Å². The number of aromatic amines is 1. The number of nitrogens with one attached hydrogen (secondary N) is 1. The van der Waals surface area contributed by atoms with Gasteiger partial charge in [-0.15, -0.1) is 0 Å². The van der Waals surface area contributed by atoms with E-state index in [0.717, 1.165) is 43.0 Å². The van der Waals surface area contributed by atoms with Crippen molar-refractivity contribution in [2.75, 3.05) is 44.9 Å². The van der Waals surface area contributed by atoms with Crippen LogP contribution < -0.4 is 15.4 Å². The van der Waals surface area contributed by atoms with Crippen molar-refractivity contribution in [3.63, 3.8) is 0 Å². The Kier molecular flexibility index (Phi) is 5.04. The summed E-state index contributed by atoms with van der Waals surface area (Å²) in [7, 11) is 5.52. The van der Waals surface area contributed by atoms with Crippen molar-refractivity contribution in [1.82, 2.24) is 24.8 Å². The molecule has 148 valence electrons. The fourth-order valence-corrected chi connectivity index (χ4v) is 3.88. The molecule has 3 N–H and O–H groups in total. The summed E-state index contributed by atoms with van der Waals surface area (Å²) in [6.07, 6.45) is 4.36. The zero-order valence-electron chi connectivity index (χ0n) is 16.6. The third-order valence-electron chi connectivity index (χ3n) is 5.40. The molecule has 2 aromatic heterocycles. The molecule has 0 unspecified atom stereocenters. The SMILES string of the molecule is COc1ccc2[nH]cc(C3CCN(Cc4nc(N)nc(N(C)C)n4)CC3)c2c1. The molecule has 1 aliphatic rings. The minimum Gasteiger partial charge on any atom is -0.497 e. The highest BCUT2D eigenvalue weighted by molar-refractivity contribution is 5.85. The number of piperidine rings is 1. The maximum absolute atomic E-state index is 5.84. The van der Waals surface area contributed by atoms with Crippen molar-refractivity contribution in [2.45, 2.75) is 25.3 Å². The predicted molar refractivity (Wildman–Crippen MR) is 111 cm³/mol. The van der Waals surface area contributed by atoms with Crippen molar-refractivity contribution < 1.29 is 4.74 Å². The lowest BCUT2D eigenvalue weighted by molar-refractivity contribution is 0.200. The number of nitrogens with zero attached hydrogens (tertiary/aromatic N) is 5. The maximum atomic E-state index is 5.84. The number of anilines is 2. The molecule has 0 amide bonds. The molecule has 8 nitrogen and oxygen atoms in total. The first-order valence-corrected chi connectivity index (χ1v) is 9.58. The highest BCUT2D eigenvalue weighted by Crippen LogP contribution is 2.34. The van der Waals surface area contributed by atoms with Crippen molar-refractivity contribution in [3.8, 4) is 5.75 Å². The third kappa shape index (κ3) is 3.73. The monoisotopic (exact) mass is 381 g/mol. The van der Waals surface area contributed by atoms with Gasteiger partial charge in [-0.1, -0.05) is 0 Å². The van der Waals surface area contributed by atoms with Gasteiger partial charge in [0, 0.05) is 31.2 Å². The van der Waals surface area contributed by atoms with E-state index < -0.39 is 0 Å². The van der Waals surface area contributed by atoms with Gasteiger partial charge in [0.15, 0.2) is 0 Å². The van der Waals surface area contributed by atoms with E-state index in [0.29, 0.717) is 18.4 Å². The molecular weight excluding hydrogens is 354 g/mol. The molecule has 3 heterocycles. The van der Waals surface area contributed by atoms with Crippen LogP contribution in [0.25, 0.3) is 10.9 Å². The first kappa shape index (κ1) is 18.5. The number of H-pyrrole nitrogens is 1. The van der Waals surface area contributed by atoms with Crippen LogP contribution in [0.2, 0.25) is 0 Å². The average molecular weight is 381 g/mol. The molecule has 0 atom stereocenters. The Balaban J connectivity index is 1.44. The van der Waals surface area contributed by atoms with Crippen molar-refractivity contribution in [1.29, 1.82) is 0 Å². The largest absolute Gasteiger partial charge is 0.497 e. The van der Waals surface area contributed by atoms with E-state index in [9.17, 15) is 0 Å². The van der Waals surface area contributed by atoms with Gasteiger partial charge < -0.3 is 20.4 Å². The molecule has 0 bridgehead atoms. The van der Waals surface area contributed by atoms with Crippen LogP contribution in [0.15, 0.2) is 24.4 Å². The van der Waals surface area contributed by atoms with Gasteiger partial charge in [-0.05, 0) is 55.6 Å². The van der Waals surface area contributed by atoms with E-state index in [-0.39, 0.29) is 5.95 Å². The zero-order valence-corrected chi connectivity index (χ0v) is 16.6. The quantitative estimate of drug-likeness (QED) is 0.700. The standard InChI is InChI=1S/C20H27N7O/c1-26(2)20-24-18(23-19(21)25-20)12-27-8-6-13(7-9-27)16-11-22-17-5-4-14(28-3)10-15(16)17/h4-5,10-11,13,22H,6-9,12H2,1-3H3,(H2,21,23,24,25). The number of nitrogen functional groups attached to an aromatic ring is 1. The van der Waals surface area contributed by atoms with E-state index >= 15 is 0 Å². The van der Waals surface area contributed by atoms with Gasteiger partial charge >= 0.3 is 0 Å². The van der Waals surface area contributed by atoms with Crippen molar-refractivity contribution in [2.24, 2.45) is 0 Å². The predicted octanol–water partition coefficient (Wildman–Crippen LogP) is 2.39. The number of hydrogen-bond acceptors (Lipinski definition) is 7.